The van der Waals surface area contributed by atoms with Crippen LogP contribution >= 0.6 is 0 Å². The van der Waals surface area contributed by atoms with Crippen LogP contribution in [0.1, 0.15) is 12.5 Å². The van der Waals surface area contributed by atoms with Gasteiger partial charge in [0.1, 0.15) is 0 Å². The van der Waals surface area contributed by atoms with Crippen molar-refractivity contribution in [2.45, 2.75) is 6.92 Å². The van der Waals surface area contributed by atoms with Gasteiger partial charge in [-0.1, -0.05) is 19.1 Å². The van der Waals surface area contributed by atoms with Crippen LogP contribution in [0, 0.1) is 5.92 Å². The van der Waals surface area contributed by atoms with Gasteiger partial charge in [0.05, 0.1) is 0 Å². The predicted molar refractivity (Wildman–Crippen MR) is 92.6 cm³/mol. The maximum atomic E-state index is 2.18. The largest absolute Gasteiger partial charge is 1.00 e. The first-order valence-corrected chi connectivity index (χ1v) is 7.30. The van der Waals surface area contributed by atoms with Crippen molar-refractivity contribution in [1.82, 2.24) is 4.90 Å². The second-order valence-corrected chi connectivity index (χ2v) is 5.54. The Morgan fingerprint density at radius 3 is 1.96 bits per heavy atom. The quantitative estimate of drug-likeness (QED) is 0.378. The third-order valence-corrected chi connectivity index (χ3v) is 3.37. The van der Waals surface area contributed by atoms with Gasteiger partial charge in [0, 0.05) is 18.6 Å². The summed E-state index contributed by atoms with van der Waals surface area (Å²) in [6.07, 6.45) is 0. The fraction of sp³-hybridized carbons (Fsp3) is 0.200. The van der Waals surface area contributed by atoms with Crippen LogP contribution in [-0.4, -0.2) is 25.5 Å². The molecule has 0 bridgehead atoms. The van der Waals surface area contributed by atoms with Gasteiger partial charge in [-0.3, -0.25) is 0 Å². The van der Waals surface area contributed by atoms with Gasteiger partial charge >= 0.3 is 0 Å². The Balaban J connectivity index is -0.000000341. The van der Waals surface area contributed by atoms with Gasteiger partial charge in [-0.25, -0.2) is 0 Å². The average Bonchev–Trinajstić information content (AvgIpc) is 2.96. The Labute approximate surface area is 182 Å². The fourth-order valence-corrected chi connectivity index (χ4v) is 2.36. The van der Waals surface area contributed by atoms with E-state index >= 15 is 0 Å². The SMILES string of the molecule is C[C-](CN(C)C)c1ccccc1.[Cl-].[Cl-].[Cl-].[V].c1ccc2[cH-]ccc2c1. The number of hydrogen-bond acceptors (Lipinski definition) is 1. The van der Waals surface area contributed by atoms with E-state index in [1.165, 1.54) is 22.3 Å². The summed E-state index contributed by atoms with van der Waals surface area (Å²) in [4.78, 5) is 2.18. The number of halogens is 3. The van der Waals surface area contributed by atoms with Crippen molar-refractivity contribution < 1.29 is 55.8 Å². The molecule has 3 aromatic rings. The first-order chi connectivity index (χ1) is 10.2. The Kier molecular flexibility index (Phi) is 18.1. The van der Waals surface area contributed by atoms with Crippen LogP contribution in [0.3, 0.4) is 0 Å². The van der Waals surface area contributed by atoms with Gasteiger partial charge in [0.15, 0.2) is 0 Å². The zero-order valence-electron chi connectivity index (χ0n) is 14.7. The maximum Gasteiger partial charge on any atom is 0 e. The second-order valence-electron chi connectivity index (χ2n) is 5.54. The monoisotopic (exact) mass is 433 g/mol. The van der Waals surface area contributed by atoms with Crippen LogP contribution in [0.15, 0.2) is 72.8 Å². The summed E-state index contributed by atoms with van der Waals surface area (Å²) in [6.45, 7) is 3.21. The maximum absolute atomic E-state index is 2.18. The number of likely N-dealkylation sites (N-methyl/N-ethyl adjacent to an activating group) is 1. The summed E-state index contributed by atoms with van der Waals surface area (Å²) in [5, 5.41) is 2.66. The first-order valence-electron chi connectivity index (χ1n) is 7.30. The summed E-state index contributed by atoms with van der Waals surface area (Å²) < 4.78 is 0. The topological polar surface area (TPSA) is 3.24 Å². The van der Waals surface area contributed by atoms with Gasteiger partial charge in [0.2, 0.25) is 0 Å². The molecule has 0 saturated heterocycles. The summed E-state index contributed by atoms with van der Waals surface area (Å²) in [5.74, 6) is 1.42. The zero-order valence-corrected chi connectivity index (χ0v) is 18.3. The van der Waals surface area contributed by atoms with Crippen molar-refractivity contribution in [3.8, 4) is 0 Å². The zero-order chi connectivity index (χ0) is 15.1. The number of benzene rings is 2. The first kappa shape index (κ1) is 29.1. The fourth-order valence-electron chi connectivity index (χ4n) is 2.36. The predicted octanol–water partition coefficient (Wildman–Crippen LogP) is -4.24. The molecular formula is C20H23Cl3NV-5. The van der Waals surface area contributed by atoms with Crippen LogP contribution in [0.5, 0.6) is 0 Å². The smallest absolute Gasteiger partial charge is 0 e. The molecule has 0 spiro atoms. The number of rotatable bonds is 3. The molecule has 0 N–H and O–H groups in total. The second kappa shape index (κ2) is 15.6. The van der Waals surface area contributed by atoms with Crippen molar-refractivity contribution in [2.24, 2.45) is 0 Å². The van der Waals surface area contributed by atoms with Gasteiger partial charge in [0.25, 0.3) is 0 Å². The summed E-state index contributed by atoms with van der Waals surface area (Å²) in [6, 6.07) is 25.2. The molecule has 0 saturated carbocycles. The minimum Gasteiger partial charge on any atom is -1.00 e. The van der Waals surface area contributed by atoms with Crippen molar-refractivity contribution in [3.63, 3.8) is 0 Å². The molecule has 0 aliphatic rings. The van der Waals surface area contributed by atoms with E-state index in [-0.39, 0.29) is 55.8 Å². The van der Waals surface area contributed by atoms with Crippen LogP contribution < -0.4 is 37.2 Å². The van der Waals surface area contributed by atoms with Crippen molar-refractivity contribution >= 4 is 10.8 Å². The third-order valence-electron chi connectivity index (χ3n) is 3.37. The van der Waals surface area contributed by atoms with Crippen molar-refractivity contribution in [2.75, 3.05) is 20.6 Å². The Bertz CT molecular complexity index is 626. The number of nitrogens with zero attached hydrogens (tertiary/aromatic N) is 1. The molecule has 0 aliphatic heterocycles. The molecule has 1 nitrogen and oxygen atoms in total. The van der Waals surface area contributed by atoms with Crippen molar-refractivity contribution in [1.29, 1.82) is 0 Å². The molecule has 0 aliphatic carbocycles. The molecule has 0 heterocycles. The average molecular weight is 435 g/mol. The summed E-state index contributed by atoms with van der Waals surface area (Å²) >= 11 is 0. The third kappa shape index (κ3) is 10.2. The Hall–Kier alpha value is -0.666. The van der Waals surface area contributed by atoms with E-state index in [1.807, 2.05) is 6.07 Å². The van der Waals surface area contributed by atoms with Crippen molar-refractivity contribution in [3.05, 3.63) is 84.3 Å². The molecule has 0 aromatic heterocycles. The van der Waals surface area contributed by atoms with Gasteiger partial charge in [-0.15, -0.1) is 41.8 Å². The van der Waals surface area contributed by atoms with E-state index in [0.29, 0.717) is 0 Å². The molecule has 0 amide bonds. The van der Waals surface area contributed by atoms with Crippen LogP contribution in [0.25, 0.3) is 10.8 Å². The number of hydrogen-bond donors (Lipinski definition) is 0. The molecule has 139 valence electrons. The normalized spacial score (nSPS) is 8.64. The van der Waals surface area contributed by atoms with E-state index in [9.17, 15) is 0 Å². The summed E-state index contributed by atoms with van der Waals surface area (Å²) in [7, 11) is 4.18. The molecule has 0 unspecified atom stereocenters. The summed E-state index contributed by atoms with van der Waals surface area (Å²) in [5.41, 5.74) is 1.34. The minimum atomic E-state index is 0. The standard InChI is InChI=1S/C11H16N.C9H7.3ClH.V/c1-10(9-12(2)3)11-7-5-4-6-8-11;1-2-5-9-7-3-6-8(9)4-1;;;;/h4-8H,9H2,1-3H3;1-7H;3*1H;/q2*-1;;;;/p-3. The van der Waals surface area contributed by atoms with E-state index in [0.717, 1.165) is 6.54 Å². The van der Waals surface area contributed by atoms with E-state index in [2.05, 4.69) is 92.6 Å². The molecule has 3 rings (SSSR count). The molecule has 0 fully saturated rings. The van der Waals surface area contributed by atoms with Gasteiger partial charge < -0.3 is 42.1 Å². The number of fused-ring (bicyclic) bond motifs is 1. The molecule has 1 radical (unpaired) electrons. The van der Waals surface area contributed by atoms with E-state index in [4.69, 9.17) is 0 Å². The van der Waals surface area contributed by atoms with Crippen LogP contribution in [0.2, 0.25) is 0 Å². The van der Waals surface area contributed by atoms with E-state index in [1.54, 1.807) is 0 Å². The Morgan fingerprint density at radius 1 is 0.840 bits per heavy atom. The van der Waals surface area contributed by atoms with E-state index < -0.39 is 0 Å². The van der Waals surface area contributed by atoms with Gasteiger partial charge in [-0.05, 0) is 20.6 Å². The molecule has 5 heteroatoms. The molecule has 25 heavy (non-hydrogen) atoms. The van der Waals surface area contributed by atoms with Gasteiger partial charge in [-0.2, -0.15) is 41.1 Å². The molecular weight excluding hydrogens is 412 g/mol. The molecule has 0 atom stereocenters. The Morgan fingerprint density at radius 2 is 1.40 bits per heavy atom. The van der Waals surface area contributed by atoms with Crippen LogP contribution in [0.4, 0.5) is 0 Å². The van der Waals surface area contributed by atoms with Crippen LogP contribution in [-0.2, 0) is 18.6 Å². The minimum absolute atomic E-state index is 0. The molecule has 3 aromatic carbocycles.